The van der Waals surface area contributed by atoms with Gasteiger partial charge in [-0.25, -0.2) is 4.99 Å². The van der Waals surface area contributed by atoms with Crippen LogP contribution in [0.3, 0.4) is 0 Å². The molecule has 0 amide bonds. The molecular weight excluding hydrogens is 228 g/mol. The van der Waals surface area contributed by atoms with E-state index in [1.54, 1.807) is 0 Å². The maximum atomic E-state index is 10.7. The first-order valence-corrected chi connectivity index (χ1v) is 5.30. The molecule has 74 valence electrons. The zero-order chi connectivity index (χ0) is 10.3. The van der Waals surface area contributed by atoms with E-state index in [0.29, 0.717) is 5.57 Å². The molecule has 2 aliphatic rings. The summed E-state index contributed by atoms with van der Waals surface area (Å²) in [4.78, 5) is 3.77. The number of thiocarbonyl (C=S) groups is 1. The first-order valence-electron chi connectivity index (χ1n) is 3.45. The smallest absolute Gasteiger partial charge is 0.319 e. The Kier molecular flexibility index (Phi) is 1.94. The van der Waals surface area contributed by atoms with Crippen LogP contribution in [0.4, 0.5) is 0 Å². The van der Waals surface area contributed by atoms with E-state index in [-0.39, 0.29) is 4.99 Å². The Bertz CT molecular complexity index is 489. The third kappa shape index (κ3) is 1.45. The van der Waals surface area contributed by atoms with Gasteiger partial charge in [0.1, 0.15) is 4.99 Å². The fourth-order valence-electron chi connectivity index (χ4n) is 1.00. The van der Waals surface area contributed by atoms with Crippen LogP contribution in [0.2, 0.25) is 0 Å². The summed E-state index contributed by atoms with van der Waals surface area (Å²) in [6, 6.07) is 0. The molecule has 1 unspecified atom stereocenters. The van der Waals surface area contributed by atoms with Crippen LogP contribution in [0.1, 0.15) is 0 Å². The molecule has 0 aromatic rings. The number of hydrogen-bond donors (Lipinski definition) is 2. The lowest BCUT2D eigenvalue weighted by atomic mass is 10.2. The average Bonchev–Trinajstić information content (AvgIpc) is 2.50. The molecule has 7 nitrogen and oxygen atoms in total. The standard InChI is InChI=1S/C5H4N4O3S2/c10-14(11,12)5-7-3-2(1-6-9-3)4(13)8-5/h1,3H,(H,7,8,13)(H,10,11,12). The Morgan fingerprint density at radius 3 is 2.93 bits per heavy atom. The number of aliphatic imine (C=N–C) groups is 1. The van der Waals surface area contributed by atoms with Crippen molar-refractivity contribution in [2.24, 2.45) is 15.2 Å². The molecule has 0 aromatic carbocycles. The van der Waals surface area contributed by atoms with Crippen LogP contribution in [-0.4, -0.2) is 29.3 Å². The molecule has 2 aliphatic heterocycles. The van der Waals surface area contributed by atoms with Gasteiger partial charge < -0.3 is 5.32 Å². The summed E-state index contributed by atoms with van der Waals surface area (Å²) in [5.41, 5.74) is 0.521. The fourth-order valence-corrected chi connectivity index (χ4v) is 1.79. The van der Waals surface area contributed by atoms with Crippen molar-refractivity contribution in [1.82, 2.24) is 5.32 Å². The molecule has 9 heteroatoms. The molecule has 2 rings (SSSR count). The van der Waals surface area contributed by atoms with E-state index >= 15 is 0 Å². The summed E-state index contributed by atoms with van der Waals surface area (Å²) in [5, 5.41) is 8.85. The Balaban J connectivity index is 2.47. The van der Waals surface area contributed by atoms with E-state index in [0.717, 1.165) is 0 Å². The third-order valence-electron chi connectivity index (χ3n) is 1.62. The molecule has 0 fully saturated rings. The van der Waals surface area contributed by atoms with Crippen LogP contribution in [0.15, 0.2) is 27.0 Å². The Morgan fingerprint density at radius 2 is 2.29 bits per heavy atom. The lowest BCUT2D eigenvalue weighted by Gasteiger charge is -2.17. The molecule has 0 saturated carbocycles. The first kappa shape index (κ1) is 9.37. The number of hydrogen-bond acceptors (Lipinski definition) is 6. The lowest BCUT2D eigenvalue weighted by Crippen LogP contribution is -2.42. The largest absolute Gasteiger partial charge is 0.328 e. The highest BCUT2D eigenvalue weighted by atomic mass is 32.2. The molecule has 0 saturated heterocycles. The molecular formula is C5H4N4O3S2. The zero-order valence-electron chi connectivity index (χ0n) is 6.58. The fraction of sp³-hybridized carbons (Fsp3) is 0.200. The Hall–Kier alpha value is -1.19. The number of nitrogens with zero attached hydrogens (tertiary/aromatic N) is 3. The zero-order valence-corrected chi connectivity index (χ0v) is 8.21. The summed E-state index contributed by atoms with van der Waals surface area (Å²) >= 11 is 4.83. The van der Waals surface area contributed by atoms with Crippen molar-refractivity contribution < 1.29 is 13.0 Å². The molecule has 0 radical (unpaired) electrons. The van der Waals surface area contributed by atoms with Gasteiger partial charge in [0.05, 0.1) is 11.8 Å². The van der Waals surface area contributed by atoms with E-state index < -0.39 is 21.5 Å². The molecule has 0 aliphatic carbocycles. The minimum atomic E-state index is -4.37. The predicted molar refractivity (Wildman–Crippen MR) is 51.4 cm³/mol. The number of fused-ring (bicyclic) bond motifs is 1. The maximum Gasteiger partial charge on any atom is 0.328 e. The van der Waals surface area contributed by atoms with E-state index in [4.69, 9.17) is 16.8 Å². The van der Waals surface area contributed by atoms with Gasteiger partial charge in [-0.1, -0.05) is 12.2 Å². The molecule has 0 bridgehead atoms. The van der Waals surface area contributed by atoms with E-state index in [9.17, 15) is 8.42 Å². The van der Waals surface area contributed by atoms with Gasteiger partial charge in [-0.3, -0.25) is 4.55 Å². The van der Waals surface area contributed by atoms with Gasteiger partial charge in [0, 0.05) is 0 Å². The van der Waals surface area contributed by atoms with Gasteiger partial charge >= 0.3 is 10.1 Å². The average molecular weight is 232 g/mol. The minimum Gasteiger partial charge on any atom is -0.319 e. The lowest BCUT2D eigenvalue weighted by molar-refractivity contribution is 0.496. The van der Waals surface area contributed by atoms with Crippen molar-refractivity contribution in [2.75, 3.05) is 0 Å². The molecule has 2 N–H and O–H groups in total. The summed E-state index contributed by atoms with van der Waals surface area (Å²) in [7, 11) is -4.37. The highest BCUT2D eigenvalue weighted by molar-refractivity contribution is 8.01. The Morgan fingerprint density at radius 1 is 1.57 bits per heavy atom. The van der Waals surface area contributed by atoms with E-state index in [1.165, 1.54) is 6.20 Å². The number of amidine groups is 1. The van der Waals surface area contributed by atoms with E-state index in [1.807, 2.05) is 0 Å². The number of azo groups is 1. The van der Waals surface area contributed by atoms with Gasteiger partial charge in [0.25, 0.3) is 5.17 Å². The highest BCUT2D eigenvalue weighted by Crippen LogP contribution is 2.20. The molecule has 2 heterocycles. The normalized spacial score (nSPS) is 25.2. The molecule has 0 spiro atoms. The van der Waals surface area contributed by atoms with Crippen molar-refractivity contribution in [3.05, 3.63) is 11.8 Å². The second-order valence-corrected chi connectivity index (χ2v) is 4.30. The second kappa shape index (κ2) is 2.90. The maximum absolute atomic E-state index is 10.7. The molecule has 0 aromatic heterocycles. The van der Waals surface area contributed by atoms with Crippen molar-refractivity contribution in [1.29, 1.82) is 0 Å². The topological polar surface area (TPSA) is 103 Å². The highest BCUT2D eigenvalue weighted by Gasteiger charge is 2.31. The minimum absolute atomic E-state index is 0.155. The number of nitrogens with one attached hydrogen (secondary N) is 1. The summed E-state index contributed by atoms with van der Waals surface area (Å²) in [5.74, 6) is 0. The summed E-state index contributed by atoms with van der Waals surface area (Å²) in [6.45, 7) is 0. The van der Waals surface area contributed by atoms with Crippen LogP contribution in [-0.2, 0) is 10.1 Å². The second-order valence-electron chi connectivity index (χ2n) is 2.55. The summed E-state index contributed by atoms with van der Waals surface area (Å²) in [6.07, 6.45) is 0.644. The van der Waals surface area contributed by atoms with Crippen LogP contribution < -0.4 is 5.32 Å². The van der Waals surface area contributed by atoms with Crippen LogP contribution in [0, 0.1) is 0 Å². The predicted octanol–water partition coefficient (Wildman–Crippen LogP) is -0.163. The van der Waals surface area contributed by atoms with Crippen molar-refractivity contribution in [3.8, 4) is 0 Å². The van der Waals surface area contributed by atoms with Crippen molar-refractivity contribution in [2.45, 2.75) is 6.17 Å². The molecule has 14 heavy (non-hydrogen) atoms. The summed E-state index contributed by atoms with van der Waals surface area (Å²) < 4.78 is 30.2. The van der Waals surface area contributed by atoms with Crippen LogP contribution in [0.25, 0.3) is 0 Å². The van der Waals surface area contributed by atoms with Gasteiger partial charge in [-0.15, -0.1) is 0 Å². The van der Waals surface area contributed by atoms with Crippen molar-refractivity contribution >= 4 is 32.5 Å². The SMILES string of the molecule is O=S(=O)(O)C1=NC2N=NC=C2C(=S)N1. The van der Waals surface area contributed by atoms with Crippen LogP contribution >= 0.6 is 12.2 Å². The van der Waals surface area contributed by atoms with Crippen LogP contribution in [0.5, 0.6) is 0 Å². The quantitative estimate of drug-likeness (QED) is 0.446. The monoisotopic (exact) mass is 232 g/mol. The Labute approximate surface area is 84.4 Å². The van der Waals surface area contributed by atoms with E-state index in [2.05, 4.69) is 20.5 Å². The van der Waals surface area contributed by atoms with Gasteiger partial charge in [0.15, 0.2) is 6.17 Å². The third-order valence-corrected chi connectivity index (χ3v) is 2.65. The van der Waals surface area contributed by atoms with Crippen molar-refractivity contribution in [3.63, 3.8) is 0 Å². The van der Waals surface area contributed by atoms with Gasteiger partial charge in [0.2, 0.25) is 0 Å². The van der Waals surface area contributed by atoms with Gasteiger partial charge in [-0.05, 0) is 0 Å². The molecule has 1 atom stereocenters. The first-order chi connectivity index (χ1) is 6.48. The van der Waals surface area contributed by atoms with Gasteiger partial charge in [-0.2, -0.15) is 18.6 Å². The number of rotatable bonds is 0.